The highest BCUT2D eigenvalue weighted by Gasteiger charge is 2.50. The van der Waals surface area contributed by atoms with Gasteiger partial charge in [-0.2, -0.15) is 0 Å². The monoisotopic (exact) mass is 450 g/mol. The molecule has 1 aromatic heterocycles. The Kier molecular flexibility index (Phi) is 4.06. The van der Waals surface area contributed by atoms with Gasteiger partial charge < -0.3 is 24.7 Å². The molecule has 2 aromatic carbocycles. The van der Waals surface area contributed by atoms with E-state index in [1.54, 1.807) is 24.3 Å². The second-order valence-electron chi connectivity index (χ2n) is 8.34. The standard InChI is InChI=1S/C23H19FN4O5/c1-32-16-4-2-11-8-28(21(30)18(11)19(16)24)9-23(22(31)26-10-27-23)17-6-13-14-7-25-20(29)12(14)3-5-15(13)33-17/h2-6,27H,7-10H2,1H3,(H,25,29)(H,26,31). The second kappa shape index (κ2) is 6.79. The maximum atomic E-state index is 14.8. The van der Waals surface area contributed by atoms with Gasteiger partial charge in [0.15, 0.2) is 17.1 Å². The molecular formula is C23H19FN4O5. The maximum absolute atomic E-state index is 14.8. The molecular weight excluding hydrogens is 431 g/mol. The van der Waals surface area contributed by atoms with Gasteiger partial charge in [0, 0.05) is 24.0 Å². The van der Waals surface area contributed by atoms with E-state index >= 15 is 0 Å². The van der Waals surface area contributed by atoms with Gasteiger partial charge in [0.25, 0.3) is 17.7 Å². The molecule has 33 heavy (non-hydrogen) atoms. The van der Waals surface area contributed by atoms with Crippen LogP contribution in [0.25, 0.3) is 11.0 Å². The Morgan fingerprint density at radius 2 is 2.03 bits per heavy atom. The zero-order chi connectivity index (χ0) is 22.9. The number of nitrogens with zero attached hydrogens (tertiary/aromatic N) is 1. The summed E-state index contributed by atoms with van der Waals surface area (Å²) >= 11 is 0. The molecule has 0 spiro atoms. The lowest BCUT2D eigenvalue weighted by molar-refractivity contribution is -0.125. The molecule has 3 N–H and O–H groups in total. The topological polar surface area (TPSA) is 113 Å². The first-order valence-electron chi connectivity index (χ1n) is 10.4. The van der Waals surface area contributed by atoms with Crippen molar-refractivity contribution in [1.82, 2.24) is 20.9 Å². The number of benzene rings is 2. The van der Waals surface area contributed by atoms with Crippen LogP contribution in [0.1, 0.15) is 37.6 Å². The number of hydrogen-bond donors (Lipinski definition) is 3. The van der Waals surface area contributed by atoms with Crippen LogP contribution in [0.4, 0.5) is 4.39 Å². The van der Waals surface area contributed by atoms with Crippen molar-refractivity contribution in [3.63, 3.8) is 0 Å². The van der Waals surface area contributed by atoms with E-state index in [2.05, 4.69) is 16.0 Å². The fourth-order valence-electron chi connectivity index (χ4n) is 4.93. The first kappa shape index (κ1) is 19.7. The van der Waals surface area contributed by atoms with Gasteiger partial charge in [-0.3, -0.25) is 19.7 Å². The second-order valence-corrected chi connectivity index (χ2v) is 8.34. The number of amides is 3. The number of hydrogen-bond acceptors (Lipinski definition) is 6. The Hall–Kier alpha value is -3.92. The lowest BCUT2D eigenvalue weighted by atomic mass is 9.94. The summed E-state index contributed by atoms with van der Waals surface area (Å²) in [4.78, 5) is 39.6. The van der Waals surface area contributed by atoms with Crippen molar-refractivity contribution < 1.29 is 27.9 Å². The van der Waals surface area contributed by atoms with E-state index in [0.29, 0.717) is 29.0 Å². The van der Waals surface area contributed by atoms with Crippen LogP contribution in [0.5, 0.6) is 5.75 Å². The third-order valence-electron chi connectivity index (χ3n) is 6.63. The summed E-state index contributed by atoms with van der Waals surface area (Å²) in [6.45, 7) is 0.649. The van der Waals surface area contributed by atoms with Crippen LogP contribution in [0.2, 0.25) is 0 Å². The summed E-state index contributed by atoms with van der Waals surface area (Å²) in [5.74, 6) is -1.43. The molecule has 3 amide bonds. The summed E-state index contributed by atoms with van der Waals surface area (Å²) in [7, 11) is 1.34. The van der Waals surface area contributed by atoms with Crippen LogP contribution < -0.4 is 20.7 Å². The molecule has 3 aliphatic heterocycles. The van der Waals surface area contributed by atoms with E-state index in [9.17, 15) is 18.8 Å². The van der Waals surface area contributed by atoms with Gasteiger partial charge in [0.1, 0.15) is 11.3 Å². The maximum Gasteiger partial charge on any atom is 0.257 e. The predicted molar refractivity (Wildman–Crippen MR) is 113 cm³/mol. The lowest BCUT2D eigenvalue weighted by Crippen LogP contribution is -2.52. The quantitative estimate of drug-likeness (QED) is 0.553. The Bertz CT molecular complexity index is 1380. The number of halogens is 1. The molecule has 168 valence electrons. The third kappa shape index (κ3) is 2.64. The molecule has 9 nitrogen and oxygen atoms in total. The highest BCUT2D eigenvalue weighted by Crippen LogP contribution is 2.37. The van der Waals surface area contributed by atoms with Crippen molar-refractivity contribution in [2.75, 3.05) is 20.3 Å². The van der Waals surface area contributed by atoms with Gasteiger partial charge >= 0.3 is 0 Å². The number of methoxy groups -OCH3 is 1. The van der Waals surface area contributed by atoms with Crippen molar-refractivity contribution in [2.45, 2.75) is 18.6 Å². The highest BCUT2D eigenvalue weighted by molar-refractivity contribution is 6.04. The molecule has 0 bridgehead atoms. The van der Waals surface area contributed by atoms with Gasteiger partial charge in [-0.25, -0.2) is 4.39 Å². The molecule has 0 radical (unpaired) electrons. The number of carbonyl (C=O) groups excluding carboxylic acids is 3. The number of rotatable bonds is 4. The molecule has 3 aliphatic rings. The van der Waals surface area contributed by atoms with Gasteiger partial charge in [0.05, 0.1) is 25.9 Å². The highest BCUT2D eigenvalue weighted by atomic mass is 19.1. The SMILES string of the molecule is COc1ccc2c(c1F)C(=O)N(CC1(c3cc4c5c(ccc4o3)C(=O)NC5)NCNC1=O)C2. The fraction of sp³-hybridized carbons (Fsp3) is 0.261. The van der Waals surface area contributed by atoms with E-state index in [1.165, 1.54) is 18.1 Å². The summed E-state index contributed by atoms with van der Waals surface area (Å²) in [6.07, 6.45) is 0. The molecule has 4 heterocycles. The normalized spacial score (nSPS) is 21.4. The molecule has 6 rings (SSSR count). The summed E-state index contributed by atoms with van der Waals surface area (Å²) in [5.41, 5.74) is 1.03. The molecule has 3 aromatic rings. The Morgan fingerprint density at radius 3 is 2.79 bits per heavy atom. The van der Waals surface area contributed by atoms with Crippen LogP contribution in [-0.4, -0.2) is 42.9 Å². The third-order valence-corrected chi connectivity index (χ3v) is 6.63. The fourth-order valence-corrected chi connectivity index (χ4v) is 4.93. The molecule has 10 heteroatoms. The van der Waals surface area contributed by atoms with Gasteiger partial charge in [0.2, 0.25) is 0 Å². The lowest BCUT2D eigenvalue weighted by Gasteiger charge is -2.29. The molecule has 1 atom stereocenters. The number of nitrogens with one attached hydrogen (secondary N) is 3. The van der Waals surface area contributed by atoms with Gasteiger partial charge in [-0.05, 0) is 35.4 Å². The zero-order valence-corrected chi connectivity index (χ0v) is 17.6. The Labute approximate surface area is 186 Å². The zero-order valence-electron chi connectivity index (χ0n) is 17.6. The van der Waals surface area contributed by atoms with Crippen molar-refractivity contribution in [3.05, 3.63) is 64.2 Å². The molecule has 1 saturated heterocycles. The number of carbonyl (C=O) groups is 3. The molecule has 1 fully saturated rings. The minimum Gasteiger partial charge on any atom is -0.494 e. The van der Waals surface area contributed by atoms with E-state index < -0.39 is 17.3 Å². The van der Waals surface area contributed by atoms with E-state index in [1.807, 2.05) is 0 Å². The number of ether oxygens (including phenoxy) is 1. The first-order valence-corrected chi connectivity index (χ1v) is 10.4. The summed E-state index contributed by atoms with van der Waals surface area (Å²) in [6, 6.07) is 8.26. The van der Waals surface area contributed by atoms with Crippen molar-refractivity contribution in [1.29, 1.82) is 0 Å². The van der Waals surface area contributed by atoms with Crippen LogP contribution in [0, 0.1) is 5.82 Å². The van der Waals surface area contributed by atoms with Crippen molar-refractivity contribution in [2.24, 2.45) is 0 Å². The van der Waals surface area contributed by atoms with Crippen molar-refractivity contribution in [3.8, 4) is 5.75 Å². The molecule has 1 unspecified atom stereocenters. The van der Waals surface area contributed by atoms with Crippen molar-refractivity contribution >= 4 is 28.7 Å². The smallest absolute Gasteiger partial charge is 0.257 e. The Balaban J connectivity index is 1.41. The van der Waals surface area contributed by atoms with Crippen LogP contribution in [0.15, 0.2) is 34.7 Å². The minimum absolute atomic E-state index is 0.00954. The van der Waals surface area contributed by atoms with Crippen LogP contribution in [0.3, 0.4) is 0 Å². The summed E-state index contributed by atoms with van der Waals surface area (Å²) < 4.78 is 25.9. The van der Waals surface area contributed by atoms with Gasteiger partial charge in [-0.15, -0.1) is 0 Å². The summed E-state index contributed by atoms with van der Waals surface area (Å²) in [5, 5.41) is 9.40. The van der Waals surface area contributed by atoms with Gasteiger partial charge in [-0.1, -0.05) is 6.07 Å². The first-order chi connectivity index (χ1) is 15.9. The van der Waals surface area contributed by atoms with E-state index in [4.69, 9.17) is 9.15 Å². The van der Waals surface area contributed by atoms with E-state index in [0.717, 1.165) is 10.9 Å². The molecule has 0 aliphatic carbocycles. The van der Waals surface area contributed by atoms with Crippen LogP contribution in [-0.2, 0) is 23.4 Å². The average molecular weight is 450 g/mol. The average Bonchev–Trinajstić information content (AvgIpc) is 3.55. The Morgan fingerprint density at radius 1 is 1.18 bits per heavy atom. The van der Waals surface area contributed by atoms with E-state index in [-0.39, 0.29) is 42.9 Å². The number of furan rings is 1. The minimum atomic E-state index is -1.36. The molecule has 0 saturated carbocycles. The number of fused-ring (bicyclic) bond motifs is 4. The predicted octanol–water partition coefficient (Wildman–Crippen LogP) is 1.35. The van der Waals surface area contributed by atoms with Crippen LogP contribution >= 0.6 is 0 Å². The largest absolute Gasteiger partial charge is 0.494 e.